The molecular weight excluding hydrogens is 164 g/mol. The number of unbranched alkanes of at least 4 members (excludes halogenated alkanes) is 2. The molecular formula is C10H22N2O. The SMILES string of the molecule is CCCC/N=C(\C)N(O)CCCC. The maximum atomic E-state index is 9.45. The predicted molar refractivity (Wildman–Crippen MR) is 56.3 cm³/mol. The molecule has 0 saturated heterocycles. The molecule has 0 aliphatic heterocycles. The van der Waals surface area contributed by atoms with E-state index >= 15 is 0 Å². The van der Waals surface area contributed by atoms with Gasteiger partial charge in [-0.1, -0.05) is 26.7 Å². The number of amidine groups is 1. The van der Waals surface area contributed by atoms with Gasteiger partial charge in [0.05, 0.1) is 0 Å². The average Bonchev–Trinajstić information content (AvgIpc) is 2.14. The van der Waals surface area contributed by atoms with Gasteiger partial charge in [-0.2, -0.15) is 0 Å². The summed E-state index contributed by atoms with van der Waals surface area (Å²) < 4.78 is 0. The number of hydroxylamine groups is 2. The average molecular weight is 186 g/mol. The van der Waals surface area contributed by atoms with E-state index in [0.29, 0.717) is 6.54 Å². The van der Waals surface area contributed by atoms with Crippen LogP contribution < -0.4 is 0 Å². The van der Waals surface area contributed by atoms with Crippen LogP contribution in [0.25, 0.3) is 0 Å². The normalized spacial score (nSPS) is 11.8. The standard InChI is InChI=1S/C10H22N2O/c1-4-6-8-11-10(3)12(13)9-7-5-2/h13H,4-9H2,1-3H3/b11-10+. The summed E-state index contributed by atoms with van der Waals surface area (Å²) in [6.07, 6.45) is 4.35. The molecule has 0 spiro atoms. The first-order valence-corrected chi connectivity index (χ1v) is 5.19. The summed E-state index contributed by atoms with van der Waals surface area (Å²) >= 11 is 0. The molecule has 0 aromatic heterocycles. The lowest BCUT2D eigenvalue weighted by Crippen LogP contribution is -2.26. The molecule has 0 heterocycles. The second-order valence-corrected chi connectivity index (χ2v) is 3.26. The second kappa shape index (κ2) is 8.05. The van der Waals surface area contributed by atoms with Crippen LogP contribution in [0.1, 0.15) is 46.5 Å². The Morgan fingerprint density at radius 2 is 1.85 bits per heavy atom. The van der Waals surface area contributed by atoms with Crippen molar-refractivity contribution in [3.05, 3.63) is 0 Å². The number of rotatable bonds is 6. The van der Waals surface area contributed by atoms with Gasteiger partial charge in [0.2, 0.25) is 0 Å². The van der Waals surface area contributed by atoms with Gasteiger partial charge in [0.15, 0.2) is 0 Å². The molecule has 0 aliphatic rings. The van der Waals surface area contributed by atoms with E-state index in [-0.39, 0.29) is 0 Å². The zero-order chi connectivity index (χ0) is 10.1. The van der Waals surface area contributed by atoms with E-state index in [4.69, 9.17) is 0 Å². The van der Waals surface area contributed by atoms with Crippen molar-refractivity contribution >= 4 is 5.84 Å². The van der Waals surface area contributed by atoms with Crippen LogP contribution in [-0.2, 0) is 0 Å². The molecule has 0 aromatic carbocycles. The van der Waals surface area contributed by atoms with Gasteiger partial charge >= 0.3 is 0 Å². The highest BCUT2D eigenvalue weighted by molar-refractivity contribution is 5.78. The monoisotopic (exact) mass is 186 g/mol. The topological polar surface area (TPSA) is 35.8 Å². The van der Waals surface area contributed by atoms with E-state index in [0.717, 1.165) is 38.1 Å². The summed E-state index contributed by atoms with van der Waals surface area (Å²) in [6, 6.07) is 0. The summed E-state index contributed by atoms with van der Waals surface area (Å²) in [7, 11) is 0. The predicted octanol–water partition coefficient (Wildman–Crippen LogP) is 2.70. The van der Waals surface area contributed by atoms with Crippen LogP contribution in [0.3, 0.4) is 0 Å². The molecule has 0 fully saturated rings. The van der Waals surface area contributed by atoms with E-state index in [1.807, 2.05) is 6.92 Å². The lowest BCUT2D eigenvalue weighted by atomic mass is 10.3. The van der Waals surface area contributed by atoms with Crippen LogP contribution >= 0.6 is 0 Å². The van der Waals surface area contributed by atoms with Crippen LogP contribution in [0.5, 0.6) is 0 Å². The highest BCUT2D eigenvalue weighted by Crippen LogP contribution is 1.95. The summed E-state index contributed by atoms with van der Waals surface area (Å²) in [5.41, 5.74) is 0. The molecule has 13 heavy (non-hydrogen) atoms. The summed E-state index contributed by atoms with van der Waals surface area (Å²) in [5, 5.41) is 10.7. The summed E-state index contributed by atoms with van der Waals surface area (Å²) in [5.74, 6) is 0.738. The van der Waals surface area contributed by atoms with E-state index in [1.165, 1.54) is 5.06 Å². The Morgan fingerprint density at radius 1 is 1.23 bits per heavy atom. The fourth-order valence-electron chi connectivity index (χ4n) is 0.950. The van der Waals surface area contributed by atoms with Crippen molar-refractivity contribution in [2.45, 2.75) is 46.5 Å². The summed E-state index contributed by atoms with van der Waals surface area (Å²) in [6.45, 7) is 7.62. The van der Waals surface area contributed by atoms with Crippen molar-refractivity contribution in [3.63, 3.8) is 0 Å². The maximum absolute atomic E-state index is 9.45. The first-order chi connectivity index (χ1) is 6.22. The van der Waals surface area contributed by atoms with E-state index in [9.17, 15) is 5.21 Å². The quantitative estimate of drug-likeness (QED) is 0.299. The molecule has 0 amide bonds. The Balaban J connectivity index is 3.65. The lowest BCUT2D eigenvalue weighted by Gasteiger charge is -2.15. The molecule has 78 valence electrons. The zero-order valence-corrected chi connectivity index (χ0v) is 9.08. The van der Waals surface area contributed by atoms with Gasteiger partial charge in [-0.3, -0.25) is 10.2 Å². The van der Waals surface area contributed by atoms with E-state index < -0.39 is 0 Å². The van der Waals surface area contributed by atoms with E-state index in [1.54, 1.807) is 0 Å². The van der Waals surface area contributed by atoms with Gasteiger partial charge < -0.3 is 0 Å². The maximum Gasteiger partial charge on any atom is 0.120 e. The molecule has 0 aromatic rings. The van der Waals surface area contributed by atoms with Crippen molar-refractivity contribution in [2.75, 3.05) is 13.1 Å². The largest absolute Gasteiger partial charge is 0.287 e. The van der Waals surface area contributed by atoms with Crippen molar-refractivity contribution in [1.29, 1.82) is 0 Å². The molecule has 0 unspecified atom stereocenters. The Bertz CT molecular complexity index is 146. The molecule has 0 bridgehead atoms. The Hall–Kier alpha value is -0.570. The van der Waals surface area contributed by atoms with Crippen molar-refractivity contribution < 1.29 is 5.21 Å². The zero-order valence-electron chi connectivity index (χ0n) is 9.08. The van der Waals surface area contributed by atoms with Crippen molar-refractivity contribution in [3.8, 4) is 0 Å². The highest BCUT2D eigenvalue weighted by atomic mass is 16.5. The first kappa shape index (κ1) is 12.4. The molecule has 0 saturated carbocycles. The van der Waals surface area contributed by atoms with Gasteiger partial charge in [0.25, 0.3) is 0 Å². The smallest absolute Gasteiger partial charge is 0.120 e. The van der Waals surface area contributed by atoms with Crippen molar-refractivity contribution in [1.82, 2.24) is 5.06 Å². The number of hydrogen-bond acceptors (Lipinski definition) is 2. The molecule has 3 heteroatoms. The number of nitrogens with zero attached hydrogens (tertiary/aromatic N) is 2. The number of aliphatic imine (C=N–C) groups is 1. The highest BCUT2D eigenvalue weighted by Gasteiger charge is 2.00. The second-order valence-electron chi connectivity index (χ2n) is 3.26. The Morgan fingerprint density at radius 3 is 2.38 bits per heavy atom. The molecule has 0 aliphatic carbocycles. The van der Waals surface area contributed by atoms with Crippen LogP contribution in [0.4, 0.5) is 0 Å². The van der Waals surface area contributed by atoms with E-state index in [2.05, 4.69) is 18.8 Å². The molecule has 1 N–H and O–H groups in total. The van der Waals surface area contributed by atoms with Crippen LogP contribution in [0.15, 0.2) is 4.99 Å². The molecule has 0 rings (SSSR count). The third-order valence-corrected chi connectivity index (χ3v) is 1.95. The van der Waals surface area contributed by atoms with Gasteiger partial charge in [-0.25, -0.2) is 5.06 Å². The third kappa shape index (κ3) is 6.58. The fourth-order valence-corrected chi connectivity index (χ4v) is 0.950. The van der Waals surface area contributed by atoms with Gasteiger partial charge in [-0.15, -0.1) is 0 Å². The minimum Gasteiger partial charge on any atom is -0.287 e. The first-order valence-electron chi connectivity index (χ1n) is 5.19. The van der Waals surface area contributed by atoms with Crippen LogP contribution in [-0.4, -0.2) is 29.2 Å². The molecule has 0 radical (unpaired) electrons. The fraction of sp³-hybridized carbons (Fsp3) is 0.900. The van der Waals surface area contributed by atoms with Crippen molar-refractivity contribution in [2.24, 2.45) is 4.99 Å². The molecule has 0 atom stereocenters. The van der Waals surface area contributed by atoms with Crippen LogP contribution in [0.2, 0.25) is 0 Å². The lowest BCUT2D eigenvalue weighted by molar-refractivity contribution is -0.0164. The minimum atomic E-state index is 0.692. The number of hydrogen-bond donors (Lipinski definition) is 1. The van der Waals surface area contributed by atoms with Crippen LogP contribution in [0, 0.1) is 0 Å². The van der Waals surface area contributed by atoms with Gasteiger partial charge in [0.1, 0.15) is 5.84 Å². The Labute approximate surface area is 81.4 Å². The summed E-state index contributed by atoms with van der Waals surface area (Å²) in [4.78, 5) is 4.26. The van der Waals surface area contributed by atoms with Gasteiger partial charge in [-0.05, 0) is 19.8 Å². The molecule has 3 nitrogen and oxygen atoms in total. The Kier molecular flexibility index (Phi) is 7.69. The third-order valence-electron chi connectivity index (χ3n) is 1.95. The minimum absolute atomic E-state index is 0.692. The van der Waals surface area contributed by atoms with Gasteiger partial charge in [0, 0.05) is 13.1 Å².